The van der Waals surface area contributed by atoms with Crippen molar-refractivity contribution in [3.05, 3.63) is 60.1 Å². The highest BCUT2D eigenvalue weighted by Gasteiger charge is 2.33. The molecule has 3 aliphatic heterocycles. The van der Waals surface area contributed by atoms with Crippen LogP contribution in [0.5, 0.6) is 0 Å². The maximum atomic E-state index is 13.4. The van der Waals surface area contributed by atoms with E-state index in [1.54, 1.807) is 11.3 Å². The lowest BCUT2D eigenvalue weighted by molar-refractivity contribution is 0.144. The molecule has 3 saturated heterocycles. The highest BCUT2D eigenvalue weighted by atomic mass is 32.2. The molecule has 8 nitrogen and oxygen atoms in total. The Morgan fingerprint density at radius 3 is 2.58 bits per heavy atom. The molecule has 3 aliphatic rings. The number of nitrogens with zero attached hydrogens (tertiary/aromatic N) is 7. The Labute approximate surface area is 230 Å². The minimum Gasteiger partial charge on any atom is -0.345 e. The molecule has 3 aromatic rings. The van der Waals surface area contributed by atoms with E-state index >= 15 is 0 Å². The van der Waals surface area contributed by atoms with Crippen molar-refractivity contribution < 1.29 is 8.60 Å². The first kappa shape index (κ1) is 26.1. The second-order valence-corrected chi connectivity index (χ2v) is 13.3. The van der Waals surface area contributed by atoms with Crippen LogP contribution >= 0.6 is 11.3 Å². The van der Waals surface area contributed by atoms with Gasteiger partial charge in [-0.3, -0.25) is 9.80 Å². The Bertz CT molecular complexity index is 1260. The van der Waals surface area contributed by atoms with Gasteiger partial charge in [0, 0.05) is 64.1 Å². The average molecular weight is 558 g/mol. The van der Waals surface area contributed by atoms with Gasteiger partial charge in [0.2, 0.25) is 0 Å². The molecule has 4 unspecified atom stereocenters. The van der Waals surface area contributed by atoms with Gasteiger partial charge in [-0.1, -0.05) is 23.5 Å². The molecule has 5 heterocycles. The van der Waals surface area contributed by atoms with Gasteiger partial charge in [0.25, 0.3) is 0 Å². The summed E-state index contributed by atoms with van der Waals surface area (Å²) in [4.78, 5) is 16.5. The second-order valence-electron chi connectivity index (χ2n) is 10.6. The minimum absolute atomic E-state index is 0.0570. The van der Waals surface area contributed by atoms with Gasteiger partial charge in [-0.25, -0.2) is 22.9 Å². The summed E-state index contributed by atoms with van der Waals surface area (Å²) in [5, 5.41) is 1.01. The maximum Gasteiger partial charge on any atom is 0.186 e. The third-order valence-electron chi connectivity index (χ3n) is 8.45. The average Bonchev–Trinajstić information content (AvgIpc) is 3.72. The molecule has 3 fully saturated rings. The summed E-state index contributed by atoms with van der Waals surface area (Å²) < 4.78 is 31.9. The summed E-state index contributed by atoms with van der Waals surface area (Å²) in [7, 11) is -1.18. The van der Waals surface area contributed by atoms with Crippen LogP contribution in [0, 0.1) is 5.82 Å². The van der Waals surface area contributed by atoms with Crippen LogP contribution < -0.4 is 4.90 Å². The van der Waals surface area contributed by atoms with Gasteiger partial charge < -0.3 is 9.47 Å². The number of piperazine rings is 2. The third-order valence-corrected chi connectivity index (χ3v) is 11.3. The fourth-order valence-corrected chi connectivity index (χ4v) is 8.48. The van der Waals surface area contributed by atoms with Gasteiger partial charge in [-0.05, 0) is 50.9 Å². The monoisotopic (exact) mass is 557 g/mol. The van der Waals surface area contributed by atoms with Gasteiger partial charge in [0.15, 0.2) is 5.13 Å². The number of anilines is 1. The van der Waals surface area contributed by atoms with Crippen LogP contribution in [0.1, 0.15) is 50.0 Å². The molecule has 38 heavy (non-hydrogen) atoms. The third kappa shape index (κ3) is 5.19. The number of halogens is 1. The van der Waals surface area contributed by atoms with Gasteiger partial charge in [0.05, 0.1) is 24.3 Å². The molecule has 11 heteroatoms. The molecule has 0 N–H and O–H groups in total. The van der Waals surface area contributed by atoms with E-state index in [0.717, 1.165) is 66.4 Å². The van der Waals surface area contributed by atoms with Crippen LogP contribution in [0.4, 0.5) is 9.52 Å². The quantitative estimate of drug-likeness (QED) is 0.441. The van der Waals surface area contributed by atoms with Crippen molar-refractivity contribution in [2.45, 2.75) is 49.0 Å². The van der Waals surface area contributed by atoms with E-state index in [9.17, 15) is 8.60 Å². The normalized spacial score (nSPS) is 23.9. The van der Waals surface area contributed by atoms with E-state index in [2.05, 4.69) is 47.4 Å². The van der Waals surface area contributed by atoms with Crippen molar-refractivity contribution in [3.63, 3.8) is 0 Å². The Morgan fingerprint density at radius 2 is 1.79 bits per heavy atom. The van der Waals surface area contributed by atoms with E-state index in [1.807, 2.05) is 30.9 Å². The first-order valence-corrected chi connectivity index (χ1v) is 15.5. The number of thiazole rings is 1. The molecule has 0 spiro atoms. The summed E-state index contributed by atoms with van der Waals surface area (Å²) in [5.41, 5.74) is 2.18. The van der Waals surface area contributed by atoms with E-state index in [1.165, 1.54) is 31.5 Å². The number of aromatic nitrogens is 3. The Balaban J connectivity index is 1.06. The van der Waals surface area contributed by atoms with Crippen molar-refractivity contribution in [2.24, 2.45) is 0 Å². The van der Waals surface area contributed by atoms with Crippen LogP contribution in [0.25, 0.3) is 0 Å². The Kier molecular flexibility index (Phi) is 7.63. The summed E-state index contributed by atoms with van der Waals surface area (Å²) in [6, 6.07) is 7.55. The van der Waals surface area contributed by atoms with Crippen LogP contribution in [0.15, 0.2) is 47.2 Å². The molecular weight excluding hydrogens is 521 g/mol. The number of imidazole rings is 1. The van der Waals surface area contributed by atoms with Gasteiger partial charge in [0.1, 0.15) is 21.0 Å². The first-order valence-electron chi connectivity index (χ1n) is 13.6. The van der Waals surface area contributed by atoms with E-state index in [4.69, 9.17) is 0 Å². The van der Waals surface area contributed by atoms with Gasteiger partial charge in [-0.15, -0.1) is 0 Å². The molecule has 2 aromatic heterocycles. The predicted octanol–water partition coefficient (Wildman–Crippen LogP) is 3.77. The lowest BCUT2D eigenvalue weighted by atomic mass is 10.1. The van der Waals surface area contributed by atoms with Crippen molar-refractivity contribution in [1.29, 1.82) is 0 Å². The van der Waals surface area contributed by atoms with Gasteiger partial charge in [-0.2, -0.15) is 0 Å². The molecule has 4 atom stereocenters. The lowest BCUT2D eigenvalue weighted by Crippen LogP contribution is -2.50. The maximum absolute atomic E-state index is 13.4. The molecular formula is C27H36FN7OS2. The largest absolute Gasteiger partial charge is 0.345 e. The zero-order chi connectivity index (χ0) is 26.2. The number of rotatable bonds is 7. The van der Waals surface area contributed by atoms with Crippen LogP contribution in [-0.4, -0.2) is 91.2 Å². The number of benzene rings is 1. The smallest absolute Gasteiger partial charge is 0.186 e. The molecule has 0 aliphatic carbocycles. The highest BCUT2D eigenvalue weighted by Crippen LogP contribution is 2.32. The highest BCUT2D eigenvalue weighted by molar-refractivity contribution is 7.85. The van der Waals surface area contributed by atoms with Crippen molar-refractivity contribution in [3.8, 4) is 0 Å². The van der Waals surface area contributed by atoms with Gasteiger partial charge >= 0.3 is 0 Å². The molecule has 204 valence electrons. The fraction of sp³-hybridized carbons (Fsp3) is 0.556. The molecule has 6 rings (SSSR count). The predicted molar refractivity (Wildman–Crippen MR) is 149 cm³/mol. The topological polar surface area (TPSA) is 60.7 Å². The molecule has 1 aromatic carbocycles. The minimum atomic E-state index is -1.18. The van der Waals surface area contributed by atoms with Crippen molar-refractivity contribution >= 4 is 27.5 Å². The van der Waals surface area contributed by atoms with E-state index in [-0.39, 0.29) is 17.9 Å². The number of hydrogen-bond donors (Lipinski definition) is 0. The standard InChI is InChI=1S/C27H36FN7OS2/c1-20(22-5-7-23(28)8-6-22)35-19-29-16-25(35)21(2)31-12-14-34(15-13-31)38(36)26-17-30-27(37-26)33-11-10-32-9-3-4-24(32)18-33/h5-8,16-17,19-21,24H,3-4,9-15,18H2,1-2H3. The van der Waals surface area contributed by atoms with Crippen molar-refractivity contribution in [2.75, 3.05) is 57.3 Å². The Hall–Kier alpha value is -2.18. The van der Waals surface area contributed by atoms with E-state index in [0.29, 0.717) is 6.04 Å². The van der Waals surface area contributed by atoms with Crippen LogP contribution in [-0.2, 0) is 11.0 Å². The number of hydrogen-bond acceptors (Lipinski definition) is 7. The molecule has 0 radical (unpaired) electrons. The zero-order valence-electron chi connectivity index (χ0n) is 22.1. The Morgan fingerprint density at radius 1 is 1.00 bits per heavy atom. The molecule has 0 saturated carbocycles. The second kappa shape index (κ2) is 11.1. The summed E-state index contributed by atoms with van der Waals surface area (Å²) in [5.74, 6) is -0.225. The van der Waals surface area contributed by atoms with Crippen LogP contribution in [0.2, 0.25) is 0 Å². The molecule has 0 bridgehead atoms. The lowest BCUT2D eigenvalue weighted by Gasteiger charge is -2.37. The van der Waals surface area contributed by atoms with E-state index < -0.39 is 11.0 Å². The summed E-state index contributed by atoms with van der Waals surface area (Å²) in [6.45, 7) is 11.8. The number of fused-ring (bicyclic) bond motifs is 1. The van der Waals surface area contributed by atoms with Crippen molar-refractivity contribution in [1.82, 2.24) is 28.6 Å². The summed E-state index contributed by atoms with van der Waals surface area (Å²) >= 11 is 1.59. The summed E-state index contributed by atoms with van der Waals surface area (Å²) in [6.07, 6.45) is 8.18. The zero-order valence-corrected chi connectivity index (χ0v) is 23.7. The van der Waals surface area contributed by atoms with Crippen LogP contribution in [0.3, 0.4) is 0 Å². The SMILES string of the molecule is CC(c1cncn1C(C)c1ccc(F)cc1)N1CCN(S(=O)c2cnc(N3CCN4CCCC4C3)s2)CC1. The fourth-order valence-electron chi connectivity index (χ4n) is 6.08. The molecule has 0 amide bonds. The first-order chi connectivity index (χ1) is 18.5.